The summed E-state index contributed by atoms with van der Waals surface area (Å²) >= 11 is 0. The fourth-order valence-electron chi connectivity index (χ4n) is 3.59. The third kappa shape index (κ3) is 5.13. The second-order valence-electron chi connectivity index (χ2n) is 7.04. The van der Waals surface area contributed by atoms with Gasteiger partial charge in [0.25, 0.3) is 0 Å². The highest BCUT2D eigenvalue weighted by molar-refractivity contribution is 5.74. The van der Waals surface area contributed by atoms with Gasteiger partial charge in [0.15, 0.2) is 0 Å². The molecule has 1 unspecified atom stereocenters. The van der Waals surface area contributed by atoms with Crippen molar-refractivity contribution < 1.29 is 9.53 Å². The van der Waals surface area contributed by atoms with Crippen LogP contribution in [0.2, 0.25) is 0 Å². The number of amides is 2. The highest BCUT2D eigenvalue weighted by Crippen LogP contribution is 2.20. The van der Waals surface area contributed by atoms with E-state index in [0.29, 0.717) is 12.1 Å². The van der Waals surface area contributed by atoms with E-state index in [9.17, 15) is 4.79 Å². The number of carbonyl (C=O) groups is 1. The second-order valence-corrected chi connectivity index (χ2v) is 7.04. The summed E-state index contributed by atoms with van der Waals surface area (Å²) in [5.41, 5.74) is 0. The molecule has 5 nitrogen and oxygen atoms in total. The summed E-state index contributed by atoms with van der Waals surface area (Å²) in [6.07, 6.45) is 7.40. The largest absolute Gasteiger partial charge is 0.381 e. The SMILES string of the molecule is COC1CCN(CC2CCCCCN2C(=O)NC(C)C)CC1. The van der Waals surface area contributed by atoms with Crippen LogP contribution in [0.25, 0.3) is 0 Å². The van der Waals surface area contributed by atoms with Crippen LogP contribution < -0.4 is 5.32 Å². The van der Waals surface area contributed by atoms with Crippen molar-refractivity contribution in [2.45, 2.75) is 70.6 Å². The number of urea groups is 1. The molecule has 2 heterocycles. The van der Waals surface area contributed by atoms with Crippen molar-refractivity contribution >= 4 is 6.03 Å². The molecule has 0 saturated carbocycles. The van der Waals surface area contributed by atoms with Crippen LogP contribution in [0.1, 0.15) is 52.4 Å². The molecular weight excluding hydrogens is 278 g/mol. The molecule has 0 radical (unpaired) electrons. The van der Waals surface area contributed by atoms with Crippen LogP contribution in [-0.2, 0) is 4.74 Å². The fourth-order valence-corrected chi connectivity index (χ4v) is 3.59. The van der Waals surface area contributed by atoms with Crippen LogP contribution >= 0.6 is 0 Å². The summed E-state index contributed by atoms with van der Waals surface area (Å²) in [5.74, 6) is 0. The number of piperidine rings is 1. The summed E-state index contributed by atoms with van der Waals surface area (Å²) in [6, 6.07) is 0.683. The van der Waals surface area contributed by atoms with E-state index in [0.717, 1.165) is 51.9 Å². The van der Waals surface area contributed by atoms with Crippen molar-refractivity contribution in [3.63, 3.8) is 0 Å². The molecular formula is C17H33N3O2. The summed E-state index contributed by atoms with van der Waals surface area (Å²) < 4.78 is 5.45. The van der Waals surface area contributed by atoms with Gasteiger partial charge < -0.3 is 19.9 Å². The van der Waals surface area contributed by atoms with Crippen molar-refractivity contribution in [1.29, 1.82) is 0 Å². The van der Waals surface area contributed by atoms with Crippen LogP contribution in [0.15, 0.2) is 0 Å². The summed E-state index contributed by atoms with van der Waals surface area (Å²) in [5, 5.41) is 3.07. The molecule has 0 aromatic rings. The number of likely N-dealkylation sites (tertiary alicyclic amines) is 2. The van der Waals surface area contributed by atoms with Gasteiger partial charge in [0.2, 0.25) is 0 Å². The number of nitrogens with one attached hydrogen (secondary N) is 1. The summed E-state index contributed by atoms with van der Waals surface area (Å²) in [4.78, 5) is 17.1. The highest BCUT2D eigenvalue weighted by Gasteiger charge is 2.29. The standard InChI is InChI=1S/C17H33N3O2/c1-14(2)18-17(21)20-10-6-4-5-7-15(20)13-19-11-8-16(22-3)9-12-19/h14-16H,4-13H2,1-3H3,(H,18,21). The van der Waals surface area contributed by atoms with Gasteiger partial charge in [-0.15, -0.1) is 0 Å². The van der Waals surface area contributed by atoms with Gasteiger partial charge in [0, 0.05) is 45.4 Å². The van der Waals surface area contributed by atoms with Crippen molar-refractivity contribution in [2.24, 2.45) is 0 Å². The van der Waals surface area contributed by atoms with Gasteiger partial charge in [-0.3, -0.25) is 0 Å². The Balaban J connectivity index is 1.91. The van der Waals surface area contributed by atoms with Crippen LogP contribution in [0.5, 0.6) is 0 Å². The Bertz CT molecular complexity index is 341. The Hall–Kier alpha value is -0.810. The maximum atomic E-state index is 12.5. The molecule has 0 spiro atoms. The smallest absolute Gasteiger partial charge is 0.317 e. The molecule has 1 atom stereocenters. The predicted molar refractivity (Wildman–Crippen MR) is 89.1 cm³/mol. The van der Waals surface area contributed by atoms with Gasteiger partial charge in [0.05, 0.1) is 6.10 Å². The number of rotatable bonds is 4. The summed E-state index contributed by atoms with van der Waals surface area (Å²) in [6.45, 7) is 8.16. The molecule has 2 aliphatic heterocycles. The number of carbonyl (C=O) groups excluding carboxylic acids is 1. The lowest BCUT2D eigenvalue weighted by atomic mass is 10.0. The lowest BCUT2D eigenvalue weighted by molar-refractivity contribution is 0.0331. The van der Waals surface area contributed by atoms with Crippen molar-refractivity contribution in [3.8, 4) is 0 Å². The third-order valence-corrected chi connectivity index (χ3v) is 4.89. The first-order valence-corrected chi connectivity index (χ1v) is 8.92. The highest BCUT2D eigenvalue weighted by atomic mass is 16.5. The van der Waals surface area contributed by atoms with E-state index >= 15 is 0 Å². The lowest BCUT2D eigenvalue weighted by Crippen LogP contribution is -2.52. The molecule has 5 heteroatoms. The van der Waals surface area contributed by atoms with E-state index in [1.54, 1.807) is 0 Å². The maximum Gasteiger partial charge on any atom is 0.317 e. The molecule has 0 aliphatic carbocycles. The average Bonchev–Trinajstić information content (AvgIpc) is 2.73. The minimum absolute atomic E-state index is 0.119. The Morgan fingerprint density at radius 3 is 2.50 bits per heavy atom. The van der Waals surface area contributed by atoms with Gasteiger partial charge in [-0.25, -0.2) is 4.79 Å². The average molecular weight is 311 g/mol. The number of nitrogens with zero attached hydrogens (tertiary/aromatic N) is 2. The molecule has 2 rings (SSSR count). The minimum atomic E-state index is 0.119. The van der Waals surface area contributed by atoms with Crippen molar-refractivity contribution in [1.82, 2.24) is 15.1 Å². The molecule has 1 N–H and O–H groups in total. The van der Waals surface area contributed by atoms with Gasteiger partial charge in [-0.05, 0) is 39.5 Å². The Labute approximate surface area is 135 Å². The van der Waals surface area contributed by atoms with E-state index in [-0.39, 0.29) is 12.1 Å². The molecule has 0 bridgehead atoms. The number of hydrogen-bond acceptors (Lipinski definition) is 3. The quantitative estimate of drug-likeness (QED) is 0.867. The van der Waals surface area contributed by atoms with Crippen LogP contribution in [0.4, 0.5) is 4.79 Å². The first-order valence-electron chi connectivity index (χ1n) is 8.92. The second kappa shape index (κ2) is 8.73. The number of hydrogen-bond donors (Lipinski definition) is 1. The van der Waals surface area contributed by atoms with E-state index in [1.165, 1.54) is 12.8 Å². The number of methoxy groups -OCH3 is 1. The monoisotopic (exact) mass is 311 g/mol. The van der Waals surface area contributed by atoms with E-state index < -0.39 is 0 Å². The fraction of sp³-hybridized carbons (Fsp3) is 0.941. The van der Waals surface area contributed by atoms with E-state index in [4.69, 9.17) is 4.74 Å². The Morgan fingerprint density at radius 1 is 1.14 bits per heavy atom. The molecule has 0 aromatic heterocycles. The Kier molecular flexibility index (Phi) is 6.96. The first kappa shape index (κ1) is 17.5. The zero-order valence-electron chi connectivity index (χ0n) is 14.5. The zero-order valence-corrected chi connectivity index (χ0v) is 14.5. The molecule has 2 fully saturated rings. The molecule has 22 heavy (non-hydrogen) atoms. The predicted octanol–water partition coefficient (Wildman–Crippen LogP) is 2.46. The molecule has 2 amide bonds. The van der Waals surface area contributed by atoms with E-state index in [1.807, 2.05) is 21.0 Å². The normalized spacial score (nSPS) is 25.3. The lowest BCUT2D eigenvalue weighted by Gasteiger charge is -2.37. The van der Waals surface area contributed by atoms with Crippen molar-refractivity contribution in [3.05, 3.63) is 0 Å². The van der Waals surface area contributed by atoms with Gasteiger partial charge in [-0.1, -0.05) is 12.8 Å². The molecule has 0 aromatic carbocycles. The summed E-state index contributed by atoms with van der Waals surface area (Å²) in [7, 11) is 1.81. The molecule has 128 valence electrons. The topological polar surface area (TPSA) is 44.8 Å². The third-order valence-electron chi connectivity index (χ3n) is 4.89. The van der Waals surface area contributed by atoms with Crippen LogP contribution in [-0.4, -0.2) is 67.3 Å². The number of ether oxygens (including phenoxy) is 1. The molecule has 2 aliphatic rings. The van der Waals surface area contributed by atoms with Gasteiger partial charge in [-0.2, -0.15) is 0 Å². The van der Waals surface area contributed by atoms with Gasteiger partial charge >= 0.3 is 6.03 Å². The zero-order chi connectivity index (χ0) is 15.9. The molecule has 2 saturated heterocycles. The van der Waals surface area contributed by atoms with Crippen LogP contribution in [0.3, 0.4) is 0 Å². The van der Waals surface area contributed by atoms with E-state index in [2.05, 4.69) is 15.1 Å². The van der Waals surface area contributed by atoms with Crippen molar-refractivity contribution in [2.75, 3.05) is 33.3 Å². The maximum absolute atomic E-state index is 12.5. The van der Waals surface area contributed by atoms with Gasteiger partial charge in [0.1, 0.15) is 0 Å². The Morgan fingerprint density at radius 2 is 1.86 bits per heavy atom. The first-order chi connectivity index (χ1) is 10.6. The van der Waals surface area contributed by atoms with Crippen LogP contribution in [0, 0.1) is 0 Å². The minimum Gasteiger partial charge on any atom is -0.381 e.